The summed E-state index contributed by atoms with van der Waals surface area (Å²) in [5.74, 6) is 1.21. The highest BCUT2D eigenvalue weighted by Crippen LogP contribution is 2.25. The van der Waals surface area contributed by atoms with Crippen molar-refractivity contribution in [3.05, 3.63) is 47.1 Å². The van der Waals surface area contributed by atoms with Gasteiger partial charge < -0.3 is 19.7 Å². The topological polar surface area (TPSA) is 44.8 Å². The Labute approximate surface area is 103 Å². The first-order valence-electron chi connectivity index (χ1n) is 5.33. The van der Waals surface area contributed by atoms with Gasteiger partial charge >= 0.3 is 0 Å². The minimum atomic E-state index is -0.487. The molecule has 94 valence electrons. The van der Waals surface area contributed by atoms with Crippen molar-refractivity contribution in [2.24, 2.45) is 0 Å². The van der Waals surface area contributed by atoms with Crippen LogP contribution in [0.15, 0.2) is 35.4 Å². The maximum atomic E-state index is 11.8. The Balaban J connectivity index is 2.91. The van der Waals surface area contributed by atoms with Crippen molar-refractivity contribution in [3.63, 3.8) is 0 Å². The van der Waals surface area contributed by atoms with Gasteiger partial charge in [0.1, 0.15) is 11.5 Å². The molecule has 0 atom stereocenters. The number of hydrogen-bond donors (Lipinski definition) is 0. The Hall–Kier alpha value is -1.42. The van der Waals surface area contributed by atoms with Gasteiger partial charge in [-0.3, -0.25) is 0 Å². The van der Waals surface area contributed by atoms with E-state index in [9.17, 15) is 5.21 Å². The van der Waals surface area contributed by atoms with Gasteiger partial charge in [0.15, 0.2) is 0 Å². The number of allylic oxidation sites excluding steroid dienone is 3. The SMILES string of the molecule is COC1=C[C]/C(=C\N([O-])C(C)(C)C)C(OC)=C1. The van der Waals surface area contributed by atoms with Crippen LogP contribution in [-0.4, -0.2) is 24.8 Å². The van der Waals surface area contributed by atoms with Crippen LogP contribution in [0.5, 0.6) is 0 Å². The molecule has 1 aliphatic carbocycles. The zero-order valence-corrected chi connectivity index (χ0v) is 10.9. The van der Waals surface area contributed by atoms with Gasteiger partial charge in [-0.1, -0.05) is 0 Å². The number of rotatable bonds is 3. The maximum Gasteiger partial charge on any atom is 0.128 e. The third-order valence-corrected chi connectivity index (χ3v) is 2.27. The molecule has 0 aliphatic heterocycles. The van der Waals surface area contributed by atoms with E-state index in [1.54, 1.807) is 26.4 Å². The first kappa shape index (κ1) is 13.6. The summed E-state index contributed by atoms with van der Waals surface area (Å²) in [6.45, 7) is 5.52. The number of ether oxygens (including phenoxy) is 2. The second-order valence-corrected chi connectivity index (χ2v) is 4.65. The molecule has 17 heavy (non-hydrogen) atoms. The maximum absolute atomic E-state index is 11.8. The van der Waals surface area contributed by atoms with Crippen LogP contribution in [0.4, 0.5) is 0 Å². The summed E-state index contributed by atoms with van der Waals surface area (Å²) in [6.07, 6.45) is 7.83. The van der Waals surface area contributed by atoms with E-state index < -0.39 is 5.54 Å². The van der Waals surface area contributed by atoms with Crippen LogP contribution in [0.3, 0.4) is 0 Å². The van der Waals surface area contributed by atoms with E-state index in [1.807, 2.05) is 20.8 Å². The highest BCUT2D eigenvalue weighted by molar-refractivity contribution is 5.45. The van der Waals surface area contributed by atoms with Crippen LogP contribution in [0.25, 0.3) is 0 Å². The van der Waals surface area contributed by atoms with Gasteiger partial charge in [-0.2, -0.15) is 0 Å². The van der Waals surface area contributed by atoms with Crippen LogP contribution < -0.4 is 0 Å². The standard InChI is InChI=1S/C13H18NO3/c1-13(2,3)14(15)9-10-6-7-11(16-4)8-12(10)17-5/h7-9H,1-5H3/q-1/b10-9+. The van der Waals surface area contributed by atoms with E-state index in [-0.39, 0.29) is 0 Å². The van der Waals surface area contributed by atoms with Gasteiger partial charge in [0.2, 0.25) is 0 Å². The predicted octanol–water partition coefficient (Wildman–Crippen LogP) is 2.62. The Bertz CT molecular complexity index is 361. The molecule has 1 aliphatic rings. The summed E-state index contributed by atoms with van der Waals surface area (Å²) in [4.78, 5) is 0. The Morgan fingerprint density at radius 2 is 1.94 bits per heavy atom. The van der Waals surface area contributed by atoms with Crippen molar-refractivity contribution in [2.45, 2.75) is 26.3 Å². The van der Waals surface area contributed by atoms with E-state index in [0.717, 1.165) is 5.06 Å². The number of nitrogens with zero attached hydrogens (tertiary/aromatic N) is 1. The van der Waals surface area contributed by atoms with E-state index in [2.05, 4.69) is 6.42 Å². The Morgan fingerprint density at radius 3 is 2.41 bits per heavy atom. The fraction of sp³-hybridized carbons (Fsp3) is 0.462. The van der Waals surface area contributed by atoms with Crippen molar-refractivity contribution < 1.29 is 9.47 Å². The summed E-state index contributed by atoms with van der Waals surface area (Å²) < 4.78 is 10.3. The van der Waals surface area contributed by atoms with Crippen molar-refractivity contribution in [3.8, 4) is 0 Å². The highest BCUT2D eigenvalue weighted by atomic mass is 16.5. The molecule has 4 nitrogen and oxygen atoms in total. The van der Waals surface area contributed by atoms with Gasteiger partial charge in [0, 0.05) is 17.2 Å². The lowest BCUT2D eigenvalue weighted by Gasteiger charge is -2.41. The normalized spacial score (nSPS) is 18.6. The first-order chi connectivity index (χ1) is 7.88. The monoisotopic (exact) mass is 236 g/mol. The molecule has 4 heteroatoms. The third kappa shape index (κ3) is 3.53. The average Bonchev–Trinajstić information content (AvgIpc) is 2.28. The van der Waals surface area contributed by atoms with E-state index >= 15 is 0 Å². The summed E-state index contributed by atoms with van der Waals surface area (Å²) >= 11 is 0. The molecule has 0 spiro atoms. The van der Waals surface area contributed by atoms with Gasteiger partial charge in [0.25, 0.3) is 0 Å². The molecule has 0 aromatic carbocycles. The lowest BCUT2D eigenvalue weighted by molar-refractivity contribution is 0.265. The molecule has 0 aromatic rings. The zero-order chi connectivity index (χ0) is 13.1. The number of hydroxylamine groups is 2. The first-order valence-corrected chi connectivity index (χ1v) is 5.33. The van der Waals surface area contributed by atoms with Gasteiger partial charge in [-0.05, 0) is 33.0 Å². The number of hydrogen-bond acceptors (Lipinski definition) is 4. The minimum absolute atomic E-state index is 0.487. The molecule has 0 N–H and O–H groups in total. The van der Waals surface area contributed by atoms with Crippen LogP contribution in [-0.2, 0) is 9.47 Å². The van der Waals surface area contributed by atoms with Crippen LogP contribution in [0, 0.1) is 11.6 Å². The molecule has 0 amide bonds. The average molecular weight is 236 g/mol. The molecule has 0 fully saturated rings. The summed E-state index contributed by atoms with van der Waals surface area (Å²) in [7, 11) is 3.12. The second-order valence-electron chi connectivity index (χ2n) is 4.65. The molecule has 0 saturated carbocycles. The number of methoxy groups -OCH3 is 2. The zero-order valence-electron chi connectivity index (χ0n) is 10.9. The molecule has 0 unspecified atom stereocenters. The lowest BCUT2D eigenvalue weighted by Crippen LogP contribution is -2.32. The molecule has 0 heterocycles. The summed E-state index contributed by atoms with van der Waals surface area (Å²) in [6, 6.07) is 0. The van der Waals surface area contributed by atoms with Crippen LogP contribution in [0.1, 0.15) is 20.8 Å². The highest BCUT2D eigenvalue weighted by Gasteiger charge is 2.16. The van der Waals surface area contributed by atoms with E-state index in [1.165, 1.54) is 6.20 Å². The van der Waals surface area contributed by atoms with Crippen molar-refractivity contribution in [2.75, 3.05) is 14.2 Å². The summed E-state index contributed by atoms with van der Waals surface area (Å²) in [5, 5.41) is 12.7. The van der Waals surface area contributed by atoms with E-state index in [0.29, 0.717) is 17.1 Å². The fourth-order valence-corrected chi connectivity index (χ4v) is 1.17. The fourth-order valence-electron chi connectivity index (χ4n) is 1.17. The quantitative estimate of drug-likeness (QED) is 0.707. The molecule has 0 bridgehead atoms. The van der Waals surface area contributed by atoms with Gasteiger partial charge in [-0.15, -0.1) is 0 Å². The summed E-state index contributed by atoms with van der Waals surface area (Å²) in [5.41, 5.74) is 0.122. The van der Waals surface area contributed by atoms with Crippen LogP contribution in [0.2, 0.25) is 0 Å². The minimum Gasteiger partial charge on any atom is -0.758 e. The molecule has 2 radical (unpaired) electrons. The van der Waals surface area contributed by atoms with Crippen molar-refractivity contribution >= 4 is 0 Å². The molecule has 0 saturated heterocycles. The smallest absolute Gasteiger partial charge is 0.128 e. The largest absolute Gasteiger partial charge is 0.758 e. The predicted molar refractivity (Wildman–Crippen MR) is 66.5 cm³/mol. The molecular weight excluding hydrogens is 218 g/mol. The van der Waals surface area contributed by atoms with Crippen LogP contribution >= 0.6 is 0 Å². The van der Waals surface area contributed by atoms with Gasteiger partial charge in [-0.25, -0.2) is 0 Å². The molecular formula is C13H18NO3-. The Kier molecular flexibility index (Phi) is 4.23. The molecule has 1 rings (SSSR count). The van der Waals surface area contributed by atoms with Crippen molar-refractivity contribution in [1.82, 2.24) is 5.06 Å². The third-order valence-electron chi connectivity index (χ3n) is 2.27. The molecule has 0 aromatic heterocycles. The lowest BCUT2D eigenvalue weighted by atomic mass is 10.0. The van der Waals surface area contributed by atoms with Crippen molar-refractivity contribution in [1.29, 1.82) is 0 Å². The van der Waals surface area contributed by atoms with Gasteiger partial charge in [0.05, 0.1) is 20.6 Å². The Morgan fingerprint density at radius 1 is 1.29 bits per heavy atom. The second kappa shape index (κ2) is 5.27. The van der Waals surface area contributed by atoms with E-state index in [4.69, 9.17) is 9.47 Å².